The molecule has 0 aliphatic heterocycles. The fraction of sp³-hybridized carbons (Fsp3) is 0.286. The molecule has 1 atom stereocenters. The Morgan fingerprint density at radius 3 is 2.63 bits per heavy atom. The first-order valence-electron chi connectivity index (χ1n) is 6.02. The van der Waals surface area contributed by atoms with E-state index in [1.165, 1.54) is 6.20 Å². The maximum absolute atomic E-state index is 12.2. The monoisotopic (exact) mass is 259 g/mol. The van der Waals surface area contributed by atoms with E-state index in [9.17, 15) is 9.90 Å². The molecule has 2 aromatic rings. The van der Waals surface area contributed by atoms with Gasteiger partial charge in [0.2, 0.25) is 0 Å². The van der Waals surface area contributed by atoms with Crippen molar-refractivity contribution < 1.29 is 9.90 Å². The molecular formula is C14H17N3O2. The number of carbonyl (C=O) groups is 1. The van der Waals surface area contributed by atoms with Gasteiger partial charge in [-0.15, -0.1) is 0 Å². The highest BCUT2D eigenvalue weighted by Gasteiger charge is 2.28. The Morgan fingerprint density at radius 1 is 1.42 bits per heavy atom. The summed E-state index contributed by atoms with van der Waals surface area (Å²) in [4.78, 5) is 16.1. The van der Waals surface area contributed by atoms with E-state index < -0.39 is 5.54 Å². The first-order valence-corrected chi connectivity index (χ1v) is 6.02. The second-order valence-corrected chi connectivity index (χ2v) is 4.70. The van der Waals surface area contributed by atoms with Crippen molar-refractivity contribution in [2.45, 2.75) is 12.5 Å². The van der Waals surface area contributed by atoms with Crippen LogP contribution in [0.2, 0.25) is 0 Å². The molecule has 1 amide bonds. The van der Waals surface area contributed by atoms with Crippen molar-refractivity contribution >= 4 is 5.91 Å². The molecule has 5 heteroatoms. The first-order chi connectivity index (χ1) is 9.07. The zero-order chi connectivity index (χ0) is 13.9. The Bertz CT molecular complexity index is 565. The second-order valence-electron chi connectivity index (χ2n) is 4.70. The van der Waals surface area contributed by atoms with E-state index in [1.54, 1.807) is 24.9 Å². The molecule has 1 unspecified atom stereocenters. The molecule has 1 heterocycles. The molecule has 2 N–H and O–H groups in total. The molecule has 0 aliphatic rings. The van der Waals surface area contributed by atoms with Gasteiger partial charge in [-0.25, -0.2) is 4.98 Å². The van der Waals surface area contributed by atoms with Crippen molar-refractivity contribution in [3.05, 3.63) is 54.1 Å². The lowest BCUT2D eigenvalue weighted by molar-refractivity contribution is 0.0841. The normalized spacial score (nSPS) is 13.8. The van der Waals surface area contributed by atoms with Crippen molar-refractivity contribution in [2.75, 3.05) is 6.61 Å². The fourth-order valence-corrected chi connectivity index (χ4v) is 1.90. The van der Waals surface area contributed by atoms with Crippen LogP contribution in [0.15, 0.2) is 42.9 Å². The van der Waals surface area contributed by atoms with Crippen LogP contribution in [0.3, 0.4) is 0 Å². The van der Waals surface area contributed by atoms with Gasteiger partial charge in [0, 0.05) is 7.05 Å². The molecular weight excluding hydrogens is 242 g/mol. The number of amides is 1. The summed E-state index contributed by atoms with van der Waals surface area (Å²) in [6.45, 7) is 1.61. The highest BCUT2D eigenvalue weighted by Crippen LogP contribution is 2.20. The van der Waals surface area contributed by atoms with Gasteiger partial charge in [0.1, 0.15) is 5.69 Å². The Balaban J connectivity index is 2.25. The van der Waals surface area contributed by atoms with Gasteiger partial charge >= 0.3 is 0 Å². The molecule has 0 aliphatic carbocycles. The summed E-state index contributed by atoms with van der Waals surface area (Å²) in [5, 5.41) is 12.5. The molecule has 1 aromatic carbocycles. The maximum Gasteiger partial charge on any atom is 0.270 e. The van der Waals surface area contributed by atoms with Crippen LogP contribution in [0.4, 0.5) is 0 Å². The number of imidazole rings is 1. The predicted molar refractivity (Wildman–Crippen MR) is 71.6 cm³/mol. The minimum absolute atomic E-state index is 0.180. The SMILES string of the molecule is Cn1cncc1C(=O)NC(C)(CO)c1ccccc1. The van der Waals surface area contributed by atoms with Crippen LogP contribution < -0.4 is 5.32 Å². The molecule has 1 aromatic heterocycles. The first kappa shape index (κ1) is 13.3. The van der Waals surface area contributed by atoms with E-state index in [1.807, 2.05) is 30.3 Å². The van der Waals surface area contributed by atoms with Gasteiger partial charge in [0.05, 0.1) is 24.7 Å². The number of aromatic nitrogens is 2. The number of aliphatic hydroxyl groups is 1. The van der Waals surface area contributed by atoms with E-state index in [0.29, 0.717) is 5.69 Å². The summed E-state index contributed by atoms with van der Waals surface area (Å²) in [6, 6.07) is 9.39. The molecule has 19 heavy (non-hydrogen) atoms. The van der Waals surface area contributed by atoms with Crippen LogP contribution in [0.1, 0.15) is 23.0 Å². The van der Waals surface area contributed by atoms with Gasteiger partial charge in [-0.2, -0.15) is 0 Å². The molecule has 0 fully saturated rings. The van der Waals surface area contributed by atoms with Crippen molar-refractivity contribution in [2.24, 2.45) is 7.05 Å². The van der Waals surface area contributed by atoms with Gasteiger partial charge in [-0.05, 0) is 12.5 Å². The highest BCUT2D eigenvalue weighted by molar-refractivity contribution is 5.93. The van der Waals surface area contributed by atoms with Gasteiger partial charge in [0.15, 0.2) is 0 Å². The van der Waals surface area contributed by atoms with Crippen LogP contribution in [-0.4, -0.2) is 27.2 Å². The van der Waals surface area contributed by atoms with E-state index >= 15 is 0 Å². The highest BCUT2D eigenvalue weighted by atomic mass is 16.3. The molecule has 2 rings (SSSR count). The number of nitrogens with zero attached hydrogens (tertiary/aromatic N) is 2. The van der Waals surface area contributed by atoms with Crippen molar-refractivity contribution in [1.29, 1.82) is 0 Å². The number of nitrogens with one attached hydrogen (secondary N) is 1. The average Bonchev–Trinajstić information content (AvgIpc) is 2.86. The Hall–Kier alpha value is -2.14. The van der Waals surface area contributed by atoms with E-state index in [-0.39, 0.29) is 12.5 Å². The number of aliphatic hydroxyl groups excluding tert-OH is 1. The number of rotatable bonds is 4. The zero-order valence-electron chi connectivity index (χ0n) is 11.0. The third kappa shape index (κ3) is 2.66. The standard InChI is InChI=1S/C14H17N3O2/c1-14(9-18,11-6-4-3-5-7-11)16-13(19)12-8-15-10-17(12)2/h3-8,10,18H,9H2,1-2H3,(H,16,19). The van der Waals surface area contributed by atoms with Crippen LogP contribution in [0, 0.1) is 0 Å². The lowest BCUT2D eigenvalue weighted by Gasteiger charge is -2.29. The largest absolute Gasteiger partial charge is 0.394 e. The quantitative estimate of drug-likeness (QED) is 0.862. The lowest BCUT2D eigenvalue weighted by atomic mass is 9.93. The summed E-state index contributed by atoms with van der Waals surface area (Å²) in [5.74, 6) is -0.264. The molecule has 100 valence electrons. The number of aryl methyl sites for hydroxylation is 1. The molecule has 0 saturated carbocycles. The molecule has 0 saturated heterocycles. The zero-order valence-corrected chi connectivity index (χ0v) is 11.0. The molecule has 0 radical (unpaired) electrons. The summed E-state index contributed by atoms with van der Waals surface area (Å²) >= 11 is 0. The summed E-state index contributed by atoms with van der Waals surface area (Å²) in [6.07, 6.45) is 3.06. The topological polar surface area (TPSA) is 67.2 Å². The van der Waals surface area contributed by atoms with Gasteiger partial charge in [-0.3, -0.25) is 4.79 Å². The maximum atomic E-state index is 12.2. The van der Waals surface area contributed by atoms with Gasteiger partial charge in [0.25, 0.3) is 5.91 Å². The van der Waals surface area contributed by atoms with Gasteiger partial charge in [-0.1, -0.05) is 30.3 Å². The number of benzene rings is 1. The van der Waals surface area contributed by atoms with Crippen LogP contribution >= 0.6 is 0 Å². The van der Waals surface area contributed by atoms with Crippen molar-refractivity contribution in [3.8, 4) is 0 Å². The van der Waals surface area contributed by atoms with Crippen molar-refractivity contribution in [1.82, 2.24) is 14.9 Å². The fourth-order valence-electron chi connectivity index (χ4n) is 1.90. The average molecular weight is 259 g/mol. The summed E-state index contributed by atoms with van der Waals surface area (Å²) in [7, 11) is 1.75. The smallest absolute Gasteiger partial charge is 0.270 e. The molecule has 5 nitrogen and oxygen atoms in total. The lowest BCUT2D eigenvalue weighted by Crippen LogP contribution is -2.46. The minimum atomic E-state index is -0.817. The van der Waals surface area contributed by atoms with Crippen LogP contribution in [0.5, 0.6) is 0 Å². The number of hydrogen-bond donors (Lipinski definition) is 2. The van der Waals surface area contributed by atoms with E-state index in [4.69, 9.17) is 0 Å². The third-order valence-electron chi connectivity index (χ3n) is 3.17. The Labute approximate surface area is 111 Å². The Morgan fingerprint density at radius 2 is 2.11 bits per heavy atom. The minimum Gasteiger partial charge on any atom is -0.394 e. The molecule has 0 spiro atoms. The van der Waals surface area contributed by atoms with Crippen molar-refractivity contribution in [3.63, 3.8) is 0 Å². The predicted octanol–water partition coefficient (Wildman–Crippen LogP) is 1.06. The van der Waals surface area contributed by atoms with Gasteiger partial charge < -0.3 is 15.0 Å². The number of hydrogen-bond acceptors (Lipinski definition) is 3. The van der Waals surface area contributed by atoms with Crippen LogP contribution in [0.25, 0.3) is 0 Å². The Kier molecular flexibility index (Phi) is 3.66. The second kappa shape index (κ2) is 5.24. The van der Waals surface area contributed by atoms with E-state index in [0.717, 1.165) is 5.56 Å². The molecule has 0 bridgehead atoms. The van der Waals surface area contributed by atoms with E-state index in [2.05, 4.69) is 10.3 Å². The van der Waals surface area contributed by atoms with Crippen LogP contribution in [-0.2, 0) is 12.6 Å². The number of carbonyl (C=O) groups excluding carboxylic acids is 1. The summed E-state index contributed by atoms with van der Waals surface area (Å²) in [5.41, 5.74) is 0.492. The summed E-state index contributed by atoms with van der Waals surface area (Å²) < 4.78 is 1.64. The third-order valence-corrected chi connectivity index (χ3v) is 3.17.